The summed E-state index contributed by atoms with van der Waals surface area (Å²) in [5.41, 5.74) is 2.15. The largest absolute Gasteiger partial charge is 0.475 e. The lowest BCUT2D eigenvalue weighted by Gasteiger charge is -2.05. The number of benzene rings is 1. The van der Waals surface area contributed by atoms with Gasteiger partial charge in [0.1, 0.15) is 5.76 Å². The number of nitriles is 1. The van der Waals surface area contributed by atoms with E-state index in [0.717, 1.165) is 11.3 Å². The zero-order valence-corrected chi connectivity index (χ0v) is 10.3. The van der Waals surface area contributed by atoms with Crippen molar-refractivity contribution >= 4 is 11.7 Å². The van der Waals surface area contributed by atoms with E-state index in [1.54, 1.807) is 25.1 Å². The summed E-state index contributed by atoms with van der Waals surface area (Å²) < 4.78 is 5.12. The Labute approximate surface area is 110 Å². The van der Waals surface area contributed by atoms with Gasteiger partial charge in [-0.05, 0) is 31.2 Å². The van der Waals surface area contributed by atoms with E-state index in [4.69, 9.17) is 14.8 Å². The molecular weight excluding hydrogens is 244 g/mol. The number of carboxylic acid groups (broad SMARTS) is 1. The molecule has 1 aromatic heterocycles. The first-order valence-corrected chi connectivity index (χ1v) is 5.67. The van der Waals surface area contributed by atoms with Crippen LogP contribution in [0.3, 0.4) is 0 Å². The molecule has 1 heterocycles. The monoisotopic (exact) mass is 256 g/mol. The Bertz CT molecular complexity index is 653. The molecule has 2 N–H and O–H groups in total. The zero-order valence-electron chi connectivity index (χ0n) is 10.3. The molecule has 5 nitrogen and oxygen atoms in total. The van der Waals surface area contributed by atoms with Gasteiger partial charge in [-0.25, -0.2) is 4.79 Å². The first-order valence-electron chi connectivity index (χ1n) is 5.67. The lowest BCUT2D eigenvalue weighted by molar-refractivity contribution is 0.0661. The predicted molar refractivity (Wildman–Crippen MR) is 68.9 cm³/mol. The van der Waals surface area contributed by atoms with Gasteiger partial charge in [0.15, 0.2) is 0 Å². The molecule has 2 rings (SSSR count). The van der Waals surface area contributed by atoms with Crippen LogP contribution in [-0.4, -0.2) is 11.1 Å². The first-order chi connectivity index (χ1) is 9.10. The normalized spacial score (nSPS) is 9.89. The van der Waals surface area contributed by atoms with Gasteiger partial charge in [0, 0.05) is 17.8 Å². The Morgan fingerprint density at radius 2 is 2.26 bits per heavy atom. The summed E-state index contributed by atoms with van der Waals surface area (Å²) in [7, 11) is 0. The number of furan rings is 1. The first kappa shape index (κ1) is 12.7. The van der Waals surface area contributed by atoms with Crippen molar-refractivity contribution in [2.24, 2.45) is 0 Å². The SMILES string of the molecule is Cc1oc(C(=O)O)cc1CNc1cccc(C#N)c1. The molecule has 0 fully saturated rings. The fourth-order valence-electron chi connectivity index (χ4n) is 1.70. The van der Waals surface area contributed by atoms with E-state index in [-0.39, 0.29) is 5.76 Å². The average molecular weight is 256 g/mol. The maximum Gasteiger partial charge on any atom is 0.371 e. The fourth-order valence-corrected chi connectivity index (χ4v) is 1.70. The van der Waals surface area contributed by atoms with Gasteiger partial charge in [0.25, 0.3) is 0 Å². The number of carbonyl (C=O) groups is 1. The summed E-state index contributed by atoms with van der Waals surface area (Å²) in [4.78, 5) is 10.8. The molecule has 0 aliphatic heterocycles. The molecule has 1 aromatic carbocycles. The second-order valence-electron chi connectivity index (χ2n) is 4.04. The standard InChI is InChI=1S/C14H12N2O3/c1-9-11(6-13(19-9)14(17)18)8-16-12-4-2-3-10(5-12)7-15/h2-6,16H,8H2,1H3,(H,17,18). The van der Waals surface area contributed by atoms with E-state index in [1.165, 1.54) is 6.07 Å². The predicted octanol–water partition coefficient (Wildman–Crippen LogP) is 2.77. The van der Waals surface area contributed by atoms with Crippen LogP contribution in [0.25, 0.3) is 0 Å². The van der Waals surface area contributed by atoms with Crippen LogP contribution in [0, 0.1) is 18.3 Å². The summed E-state index contributed by atoms with van der Waals surface area (Å²) in [5.74, 6) is -0.581. The van der Waals surface area contributed by atoms with Crippen LogP contribution in [0.5, 0.6) is 0 Å². The lowest BCUT2D eigenvalue weighted by Crippen LogP contribution is -1.99. The number of anilines is 1. The van der Waals surface area contributed by atoms with Crippen molar-refractivity contribution < 1.29 is 14.3 Å². The Hall–Kier alpha value is -2.74. The van der Waals surface area contributed by atoms with Gasteiger partial charge in [-0.3, -0.25) is 0 Å². The molecule has 0 amide bonds. The molecule has 19 heavy (non-hydrogen) atoms. The number of rotatable bonds is 4. The van der Waals surface area contributed by atoms with Crippen molar-refractivity contribution in [3.8, 4) is 6.07 Å². The van der Waals surface area contributed by atoms with Gasteiger partial charge >= 0.3 is 5.97 Å². The Morgan fingerprint density at radius 1 is 1.47 bits per heavy atom. The van der Waals surface area contributed by atoms with Crippen molar-refractivity contribution in [1.29, 1.82) is 5.26 Å². The fraction of sp³-hybridized carbons (Fsp3) is 0.143. The van der Waals surface area contributed by atoms with Crippen LogP contribution in [0.2, 0.25) is 0 Å². The van der Waals surface area contributed by atoms with Gasteiger partial charge in [-0.2, -0.15) is 5.26 Å². The minimum absolute atomic E-state index is 0.0694. The highest BCUT2D eigenvalue weighted by Gasteiger charge is 2.12. The molecule has 96 valence electrons. The summed E-state index contributed by atoms with van der Waals surface area (Å²) in [5, 5.41) is 20.7. The van der Waals surface area contributed by atoms with Crippen LogP contribution in [0.1, 0.15) is 27.4 Å². The van der Waals surface area contributed by atoms with Crippen molar-refractivity contribution in [2.75, 3.05) is 5.32 Å². The van der Waals surface area contributed by atoms with Crippen LogP contribution in [-0.2, 0) is 6.54 Å². The maximum atomic E-state index is 10.8. The number of aromatic carboxylic acids is 1. The van der Waals surface area contributed by atoms with Crippen LogP contribution < -0.4 is 5.32 Å². The molecule has 0 aliphatic rings. The third-order valence-electron chi connectivity index (χ3n) is 2.71. The van der Waals surface area contributed by atoms with E-state index in [0.29, 0.717) is 17.9 Å². The van der Waals surface area contributed by atoms with Crippen molar-refractivity contribution in [2.45, 2.75) is 13.5 Å². The molecule has 0 atom stereocenters. The molecule has 0 radical (unpaired) electrons. The van der Waals surface area contributed by atoms with Crippen LogP contribution in [0.15, 0.2) is 34.7 Å². The Kier molecular flexibility index (Phi) is 3.53. The molecule has 5 heteroatoms. The highest BCUT2D eigenvalue weighted by Crippen LogP contribution is 2.17. The molecule has 0 bridgehead atoms. The minimum Gasteiger partial charge on any atom is -0.475 e. The highest BCUT2D eigenvalue weighted by atomic mass is 16.4. The quantitative estimate of drug-likeness (QED) is 0.878. The molecule has 0 spiro atoms. The minimum atomic E-state index is -1.08. The van der Waals surface area contributed by atoms with Gasteiger partial charge in [-0.15, -0.1) is 0 Å². The van der Waals surface area contributed by atoms with E-state index in [1.807, 2.05) is 6.07 Å². The maximum absolute atomic E-state index is 10.8. The summed E-state index contributed by atoms with van der Waals surface area (Å²) in [6.07, 6.45) is 0. The van der Waals surface area contributed by atoms with Gasteiger partial charge in [0.05, 0.1) is 11.6 Å². The Balaban J connectivity index is 2.10. The molecule has 2 aromatic rings. The van der Waals surface area contributed by atoms with Gasteiger partial charge < -0.3 is 14.8 Å². The average Bonchev–Trinajstić information content (AvgIpc) is 2.78. The van der Waals surface area contributed by atoms with Crippen LogP contribution >= 0.6 is 0 Å². The molecule has 0 saturated carbocycles. The summed E-state index contributed by atoms with van der Waals surface area (Å²) >= 11 is 0. The zero-order chi connectivity index (χ0) is 13.8. The third-order valence-corrected chi connectivity index (χ3v) is 2.71. The molecular formula is C14H12N2O3. The number of hydrogen-bond donors (Lipinski definition) is 2. The Morgan fingerprint density at radius 3 is 2.89 bits per heavy atom. The molecule has 0 aliphatic carbocycles. The van der Waals surface area contributed by atoms with E-state index < -0.39 is 5.97 Å². The van der Waals surface area contributed by atoms with E-state index in [2.05, 4.69) is 11.4 Å². The van der Waals surface area contributed by atoms with Gasteiger partial charge in [-0.1, -0.05) is 6.07 Å². The van der Waals surface area contributed by atoms with Gasteiger partial charge in [0.2, 0.25) is 5.76 Å². The van der Waals surface area contributed by atoms with Crippen LogP contribution in [0.4, 0.5) is 5.69 Å². The second-order valence-corrected chi connectivity index (χ2v) is 4.04. The highest BCUT2D eigenvalue weighted by molar-refractivity contribution is 5.84. The lowest BCUT2D eigenvalue weighted by atomic mass is 10.2. The number of carboxylic acids is 1. The summed E-state index contributed by atoms with van der Waals surface area (Å²) in [6.45, 7) is 2.16. The topological polar surface area (TPSA) is 86.3 Å². The van der Waals surface area contributed by atoms with E-state index in [9.17, 15) is 4.79 Å². The number of hydrogen-bond acceptors (Lipinski definition) is 4. The smallest absolute Gasteiger partial charge is 0.371 e. The number of aryl methyl sites for hydroxylation is 1. The third kappa shape index (κ3) is 2.93. The summed E-state index contributed by atoms with van der Waals surface area (Å²) in [6, 6.07) is 10.6. The van der Waals surface area contributed by atoms with E-state index >= 15 is 0 Å². The number of nitrogens with zero attached hydrogens (tertiary/aromatic N) is 1. The van der Waals surface area contributed by atoms with Crippen molar-refractivity contribution in [3.63, 3.8) is 0 Å². The van der Waals surface area contributed by atoms with Crippen molar-refractivity contribution in [3.05, 3.63) is 53.0 Å². The second kappa shape index (κ2) is 5.27. The molecule has 0 unspecified atom stereocenters. The van der Waals surface area contributed by atoms with Crippen molar-refractivity contribution in [1.82, 2.24) is 0 Å². The molecule has 0 saturated heterocycles. The number of nitrogens with one attached hydrogen (secondary N) is 1.